The van der Waals surface area contributed by atoms with Crippen LogP contribution in [-0.4, -0.2) is 23.3 Å². The average Bonchev–Trinajstić information content (AvgIpc) is 2.49. The number of halogens is 1. The predicted molar refractivity (Wildman–Crippen MR) is 97.1 cm³/mol. The minimum Gasteiger partial charge on any atom is -0.329 e. The average molecular weight is 345 g/mol. The lowest BCUT2D eigenvalue weighted by molar-refractivity contribution is -0.133. The monoisotopic (exact) mass is 344 g/mol. The molecule has 0 aliphatic rings. The summed E-state index contributed by atoms with van der Waals surface area (Å²) >= 11 is 5.92. The van der Waals surface area contributed by atoms with Crippen molar-refractivity contribution >= 4 is 29.1 Å². The maximum absolute atomic E-state index is 12.3. The second-order valence-corrected chi connectivity index (χ2v) is 6.31. The third-order valence-electron chi connectivity index (χ3n) is 3.70. The molecule has 1 N–H and O–H groups in total. The Labute approximate surface area is 147 Å². The van der Waals surface area contributed by atoms with Crippen LogP contribution in [0, 0.1) is 13.8 Å². The third-order valence-corrected chi connectivity index (χ3v) is 3.93. The first-order chi connectivity index (χ1) is 11.3. The van der Waals surface area contributed by atoms with Crippen LogP contribution in [0.1, 0.15) is 23.6 Å². The van der Waals surface area contributed by atoms with Crippen molar-refractivity contribution in [2.75, 3.05) is 11.9 Å². The van der Waals surface area contributed by atoms with Gasteiger partial charge in [-0.05, 0) is 43.2 Å². The SMILES string of the molecule is CC(=O)N(CC(=O)Nc1ccc(Cl)cc1C)Cc1cccc(C)c1. The molecule has 0 bridgehead atoms. The van der Waals surface area contributed by atoms with E-state index in [1.165, 1.54) is 11.8 Å². The van der Waals surface area contributed by atoms with Gasteiger partial charge < -0.3 is 10.2 Å². The van der Waals surface area contributed by atoms with Gasteiger partial charge in [-0.25, -0.2) is 0 Å². The molecule has 0 aromatic heterocycles. The number of benzene rings is 2. The summed E-state index contributed by atoms with van der Waals surface area (Å²) in [5.74, 6) is -0.372. The molecule has 0 atom stereocenters. The van der Waals surface area contributed by atoms with Crippen LogP contribution in [-0.2, 0) is 16.1 Å². The van der Waals surface area contributed by atoms with Crippen LogP contribution < -0.4 is 5.32 Å². The fourth-order valence-electron chi connectivity index (χ4n) is 2.44. The third kappa shape index (κ3) is 5.10. The van der Waals surface area contributed by atoms with E-state index in [1.807, 2.05) is 38.1 Å². The van der Waals surface area contributed by atoms with Gasteiger partial charge in [-0.2, -0.15) is 0 Å². The quantitative estimate of drug-likeness (QED) is 0.893. The Hall–Kier alpha value is -2.33. The van der Waals surface area contributed by atoms with Gasteiger partial charge in [-0.1, -0.05) is 41.4 Å². The molecule has 4 nitrogen and oxygen atoms in total. The van der Waals surface area contributed by atoms with Crippen LogP contribution in [0.25, 0.3) is 0 Å². The van der Waals surface area contributed by atoms with Gasteiger partial charge in [0.2, 0.25) is 11.8 Å². The van der Waals surface area contributed by atoms with E-state index in [-0.39, 0.29) is 18.4 Å². The van der Waals surface area contributed by atoms with Crippen molar-refractivity contribution in [1.82, 2.24) is 4.90 Å². The highest BCUT2D eigenvalue weighted by Gasteiger charge is 2.15. The standard InChI is InChI=1S/C19H21ClN2O2/c1-13-5-4-6-16(9-13)11-22(15(3)23)12-19(24)21-18-8-7-17(20)10-14(18)2/h4-10H,11-12H2,1-3H3,(H,21,24). The van der Waals surface area contributed by atoms with E-state index in [0.29, 0.717) is 17.3 Å². The van der Waals surface area contributed by atoms with E-state index in [4.69, 9.17) is 11.6 Å². The van der Waals surface area contributed by atoms with Crippen LogP contribution in [0.5, 0.6) is 0 Å². The molecular weight excluding hydrogens is 324 g/mol. The normalized spacial score (nSPS) is 10.3. The van der Waals surface area contributed by atoms with Gasteiger partial charge in [0.15, 0.2) is 0 Å². The molecule has 2 aromatic carbocycles. The summed E-state index contributed by atoms with van der Waals surface area (Å²) in [4.78, 5) is 25.7. The summed E-state index contributed by atoms with van der Waals surface area (Å²) in [7, 11) is 0. The van der Waals surface area contributed by atoms with Gasteiger partial charge >= 0.3 is 0 Å². The zero-order chi connectivity index (χ0) is 17.7. The summed E-state index contributed by atoms with van der Waals surface area (Å²) in [5.41, 5.74) is 3.70. The molecule has 24 heavy (non-hydrogen) atoms. The van der Waals surface area contributed by atoms with Gasteiger partial charge in [0.05, 0.1) is 0 Å². The number of anilines is 1. The van der Waals surface area contributed by atoms with Gasteiger partial charge in [-0.3, -0.25) is 9.59 Å². The smallest absolute Gasteiger partial charge is 0.244 e. The summed E-state index contributed by atoms with van der Waals surface area (Å²) in [6, 6.07) is 13.2. The van der Waals surface area contributed by atoms with Crippen molar-refractivity contribution < 1.29 is 9.59 Å². The Morgan fingerprint density at radius 3 is 2.50 bits per heavy atom. The number of nitrogens with zero attached hydrogens (tertiary/aromatic N) is 1. The fraction of sp³-hybridized carbons (Fsp3) is 0.263. The number of carbonyl (C=O) groups is 2. The van der Waals surface area contributed by atoms with Crippen molar-refractivity contribution in [3.05, 3.63) is 64.2 Å². The topological polar surface area (TPSA) is 49.4 Å². The van der Waals surface area contributed by atoms with Crippen LogP contribution in [0.3, 0.4) is 0 Å². The van der Waals surface area contributed by atoms with Crippen LogP contribution in [0.2, 0.25) is 5.02 Å². The van der Waals surface area contributed by atoms with Crippen LogP contribution in [0.15, 0.2) is 42.5 Å². The number of aryl methyl sites for hydroxylation is 2. The molecule has 2 aromatic rings. The van der Waals surface area contributed by atoms with E-state index >= 15 is 0 Å². The Morgan fingerprint density at radius 1 is 1.12 bits per heavy atom. The highest BCUT2D eigenvalue weighted by molar-refractivity contribution is 6.30. The molecule has 0 radical (unpaired) electrons. The number of nitrogens with one attached hydrogen (secondary N) is 1. The largest absolute Gasteiger partial charge is 0.329 e. The number of hydrogen-bond acceptors (Lipinski definition) is 2. The second kappa shape index (κ2) is 7.97. The first-order valence-electron chi connectivity index (χ1n) is 7.72. The first kappa shape index (κ1) is 18.0. The Morgan fingerprint density at radius 2 is 1.88 bits per heavy atom. The highest BCUT2D eigenvalue weighted by Crippen LogP contribution is 2.19. The Bertz CT molecular complexity index is 759. The molecule has 0 saturated heterocycles. The summed E-state index contributed by atoms with van der Waals surface area (Å²) < 4.78 is 0. The van der Waals surface area contributed by atoms with E-state index in [2.05, 4.69) is 5.32 Å². The minimum atomic E-state index is -0.233. The predicted octanol–water partition coefficient (Wildman–Crippen LogP) is 3.94. The fourth-order valence-corrected chi connectivity index (χ4v) is 2.67. The summed E-state index contributed by atoms with van der Waals surface area (Å²) in [6.45, 7) is 5.75. The number of carbonyl (C=O) groups excluding carboxylic acids is 2. The van der Waals surface area contributed by atoms with Crippen molar-refractivity contribution in [2.45, 2.75) is 27.3 Å². The van der Waals surface area contributed by atoms with Gasteiger partial charge in [0.1, 0.15) is 6.54 Å². The molecule has 0 fully saturated rings. The molecule has 2 amide bonds. The van der Waals surface area contributed by atoms with Crippen LogP contribution in [0.4, 0.5) is 5.69 Å². The molecule has 0 unspecified atom stereocenters. The lowest BCUT2D eigenvalue weighted by Gasteiger charge is -2.21. The molecule has 0 heterocycles. The van der Waals surface area contributed by atoms with Gasteiger partial charge in [-0.15, -0.1) is 0 Å². The summed E-state index contributed by atoms with van der Waals surface area (Å²) in [6.07, 6.45) is 0. The zero-order valence-corrected chi connectivity index (χ0v) is 14.9. The van der Waals surface area contributed by atoms with E-state index < -0.39 is 0 Å². The molecule has 5 heteroatoms. The second-order valence-electron chi connectivity index (χ2n) is 5.87. The molecule has 0 saturated carbocycles. The van der Waals surface area contributed by atoms with Crippen molar-refractivity contribution in [2.24, 2.45) is 0 Å². The first-order valence-corrected chi connectivity index (χ1v) is 8.10. The van der Waals surface area contributed by atoms with E-state index in [1.54, 1.807) is 18.2 Å². The number of rotatable bonds is 5. The molecule has 126 valence electrons. The van der Waals surface area contributed by atoms with E-state index in [9.17, 15) is 9.59 Å². The zero-order valence-electron chi connectivity index (χ0n) is 14.1. The maximum Gasteiger partial charge on any atom is 0.244 e. The van der Waals surface area contributed by atoms with Crippen molar-refractivity contribution in [3.63, 3.8) is 0 Å². The molecule has 0 aliphatic carbocycles. The number of hydrogen-bond donors (Lipinski definition) is 1. The Kier molecular flexibility index (Phi) is 5.99. The van der Waals surface area contributed by atoms with Gasteiger partial charge in [0.25, 0.3) is 0 Å². The molecular formula is C19H21ClN2O2. The van der Waals surface area contributed by atoms with E-state index in [0.717, 1.165) is 16.7 Å². The minimum absolute atomic E-state index is 0.00530. The lowest BCUT2D eigenvalue weighted by Crippen LogP contribution is -2.36. The Balaban J connectivity index is 2.04. The molecule has 0 spiro atoms. The lowest BCUT2D eigenvalue weighted by atomic mass is 10.1. The maximum atomic E-state index is 12.3. The van der Waals surface area contributed by atoms with Crippen LogP contribution >= 0.6 is 11.6 Å². The van der Waals surface area contributed by atoms with Crippen molar-refractivity contribution in [3.8, 4) is 0 Å². The number of amides is 2. The molecule has 2 rings (SSSR count). The summed E-state index contributed by atoms with van der Waals surface area (Å²) in [5, 5.41) is 3.45. The highest BCUT2D eigenvalue weighted by atomic mass is 35.5. The van der Waals surface area contributed by atoms with Crippen molar-refractivity contribution in [1.29, 1.82) is 0 Å². The van der Waals surface area contributed by atoms with Gasteiger partial charge in [0, 0.05) is 24.2 Å². The molecule has 0 aliphatic heterocycles.